The maximum absolute atomic E-state index is 11.8. The molecule has 110 valence electrons. The van der Waals surface area contributed by atoms with Crippen LogP contribution in [0.1, 0.15) is 29.1 Å². The lowest BCUT2D eigenvalue weighted by atomic mass is 10.2. The Morgan fingerprint density at radius 1 is 1.43 bits per heavy atom. The second-order valence-corrected chi connectivity index (χ2v) is 4.41. The van der Waals surface area contributed by atoms with Gasteiger partial charge in [-0.2, -0.15) is 0 Å². The highest BCUT2D eigenvalue weighted by molar-refractivity contribution is 5.95. The van der Waals surface area contributed by atoms with Crippen LogP contribution in [0.2, 0.25) is 0 Å². The van der Waals surface area contributed by atoms with E-state index in [1.165, 1.54) is 0 Å². The number of H-pyrrole nitrogens is 1. The number of nitrogens with two attached hydrogens (primary N) is 1. The van der Waals surface area contributed by atoms with Gasteiger partial charge in [-0.1, -0.05) is 12.1 Å². The second-order valence-electron chi connectivity index (χ2n) is 4.41. The maximum Gasteiger partial charge on any atom is 0.258 e. The maximum atomic E-state index is 11.8. The number of ether oxygens (including phenoxy) is 1. The Balaban J connectivity index is 1.91. The zero-order chi connectivity index (χ0) is 15.2. The first kappa shape index (κ1) is 14.6. The van der Waals surface area contributed by atoms with E-state index >= 15 is 0 Å². The number of nitrogens with one attached hydrogen (secondary N) is 2. The number of aromatic nitrogens is 2. The molecule has 1 heterocycles. The predicted octanol–water partition coefficient (Wildman–Crippen LogP) is 0.765. The SMILES string of the molecule is CC(NC(=O)COc1ccccc1C(N)=O)c1ncc[nH]1. The summed E-state index contributed by atoms with van der Waals surface area (Å²) in [5.41, 5.74) is 5.47. The summed E-state index contributed by atoms with van der Waals surface area (Å²) in [5.74, 6) is 0.0137. The standard InChI is InChI=1S/C14H16N4O3/c1-9(14-16-6-7-17-14)18-12(19)8-21-11-5-3-2-4-10(11)13(15)20/h2-7,9H,8H2,1H3,(H2,15,20)(H,16,17)(H,18,19). The van der Waals surface area contributed by atoms with E-state index in [0.717, 1.165) is 0 Å². The smallest absolute Gasteiger partial charge is 0.258 e. The fourth-order valence-electron chi connectivity index (χ4n) is 1.81. The molecule has 1 atom stereocenters. The molecule has 0 saturated carbocycles. The van der Waals surface area contributed by atoms with Crippen molar-refractivity contribution in [2.75, 3.05) is 6.61 Å². The fourth-order valence-corrected chi connectivity index (χ4v) is 1.81. The molecular formula is C14H16N4O3. The van der Waals surface area contributed by atoms with Gasteiger partial charge in [-0.3, -0.25) is 9.59 Å². The lowest BCUT2D eigenvalue weighted by molar-refractivity contribution is -0.123. The van der Waals surface area contributed by atoms with Crippen LogP contribution in [0, 0.1) is 0 Å². The second kappa shape index (κ2) is 6.56. The van der Waals surface area contributed by atoms with Crippen molar-refractivity contribution in [3.63, 3.8) is 0 Å². The fraction of sp³-hybridized carbons (Fsp3) is 0.214. The van der Waals surface area contributed by atoms with Gasteiger partial charge in [0.15, 0.2) is 6.61 Å². The molecule has 1 aromatic carbocycles. The molecule has 0 aliphatic carbocycles. The van der Waals surface area contributed by atoms with Gasteiger partial charge in [-0.25, -0.2) is 4.98 Å². The average molecular weight is 288 g/mol. The van der Waals surface area contributed by atoms with Crippen molar-refractivity contribution in [1.29, 1.82) is 0 Å². The van der Waals surface area contributed by atoms with Crippen molar-refractivity contribution in [3.05, 3.63) is 48.0 Å². The lowest BCUT2D eigenvalue weighted by Crippen LogP contribution is -2.32. The Hall–Kier alpha value is -2.83. The molecule has 0 fully saturated rings. The Morgan fingerprint density at radius 2 is 2.19 bits per heavy atom. The monoisotopic (exact) mass is 288 g/mol. The van der Waals surface area contributed by atoms with E-state index in [4.69, 9.17) is 10.5 Å². The largest absolute Gasteiger partial charge is 0.483 e. The van der Waals surface area contributed by atoms with Gasteiger partial charge >= 0.3 is 0 Å². The van der Waals surface area contributed by atoms with E-state index in [9.17, 15) is 9.59 Å². The quantitative estimate of drug-likeness (QED) is 0.729. The Kier molecular flexibility index (Phi) is 4.55. The number of rotatable bonds is 6. The summed E-state index contributed by atoms with van der Waals surface area (Å²) in [6.45, 7) is 1.59. The summed E-state index contributed by atoms with van der Waals surface area (Å²) in [7, 11) is 0. The first-order valence-electron chi connectivity index (χ1n) is 6.38. The molecule has 0 saturated heterocycles. The number of hydrogen-bond acceptors (Lipinski definition) is 4. The molecule has 1 unspecified atom stereocenters. The molecule has 0 aliphatic rings. The zero-order valence-electron chi connectivity index (χ0n) is 11.5. The molecule has 0 bridgehead atoms. The Bertz CT molecular complexity index is 625. The van der Waals surface area contributed by atoms with Gasteiger partial charge in [0.2, 0.25) is 0 Å². The normalized spacial score (nSPS) is 11.7. The molecule has 7 heteroatoms. The molecule has 0 radical (unpaired) electrons. The van der Waals surface area contributed by atoms with E-state index in [1.807, 2.05) is 0 Å². The van der Waals surface area contributed by atoms with Crippen molar-refractivity contribution in [2.45, 2.75) is 13.0 Å². The number of carbonyl (C=O) groups excluding carboxylic acids is 2. The molecule has 2 rings (SSSR count). The minimum absolute atomic E-state index is 0.213. The molecule has 2 aromatic rings. The van der Waals surface area contributed by atoms with Crippen LogP contribution in [0.25, 0.3) is 0 Å². The van der Waals surface area contributed by atoms with Crippen LogP contribution in [0.3, 0.4) is 0 Å². The molecular weight excluding hydrogens is 272 g/mol. The summed E-state index contributed by atoms with van der Waals surface area (Å²) in [6.07, 6.45) is 3.29. The molecule has 2 amide bonds. The lowest BCUT2D eigenvalue weighted by Gasteiger charge is -2.13. The number of para-hydroxylation sites is 1. The summed E-state index contributed by atoms with van der Waals surface area (Å²) in [6, 6.07) is 6.24. The van der Waals surface area contributed by atoms with E-state index in [-0.39, 0.29) is 29.9 Å². The van der Waals surface area contributed by atoms with Gasteiger partial charge in [-0.05, 0) is 19.1 Å². The number of hydrogen-bond donors (Lipinski definition) is 3. The number of carbonyl (C=O) groups is 2. The van der Waals surface area contributed by atoms with Crippen LogP contribution in [-0.4, -0.2) is 28.4 Å². The van der Waals surface area contributed by atoms with Crippen molar-refractivity contribution in [3.8, 4) is 5.75 Å². The molecule has 1 aromatic heterocycles. The van der Waals surface area contributed by atoms with Gasteiger partial charge in [0.05, 0.1) is 11.6 Å². The number of primary amides is 1. The third kappa shape index (κ3) is 3.82. The van der Waals surface area contributed by atoms with Crippen LogP contribution < -0.4 is 15.8 Å². The first-order valence-corrected chi connectivity index (χ1v) is 6.38. The number of amides is 2. The van der Waals surface area contributed by atoms with E-state index in [2.05, 4.69) is 15.3 Å². The van der Waals surface area contributed by atoms with Gasteiger partial charge < -0.3 is 20.8 Å². The Labute approximate surface area is 121 Å². The first-order chi connectivity index (χ1) is 10.1. The van der Waals surface area contributed by atoms with E-state index in [0.29, 0.717) is 5.82 Å². The van der Waals surface area contributed by atoms with Crippen LogP contribution in [0.5, 0.6) is 5.75 Å². The molecule has 7 nitrogen and oxygen atoms in total. The number of imidazole rings is 1. The van der Waals surface area contributed by atoms with Crippen LogP contribution in [0.15, 0.2) is 36.7 Å². The van der Waals surface area contributed by atoms with Crippen molar-refractivity contribution in [2.24, 2.45) is 5.73 Å². The average Bonchev–Trinajstić information content (AvgIpc) is 2.99. The summed E-state index contributed by atoms with van der Waals surface area (Å²) in [4.78, 5) is 30.0. The molecule has 0 aliphatic heterocycles. The van der Waals surface area contributed by atoms with Gasteiger partial charge in [0, 0.05) is 12.4 Å². The third-order valence-electron chi connectivity index (χ3n) is 2.82. The predicted molar refractivity (Wildman–Crippen MR) is 75.6 cm³/mol. The summed E-state index contributed by atoms with van der Waals surface area (Å²) < 4.78 is 5.33. The Morgan fingerprint density at radius 3 is 2.86 bits per heavy atom. The molecule has 21 heavy (non-hydrogen) atoms. The van der Waals surface area contributed by atoms with E-state index in [1.54, 1.807) is 43.6 Å². The highest BCUT2D eigenvalue weighted by atomic mass is 16.5. The minimum atomic E-state index is -0.602. The zero-order valence-corrected chi connectivity index (χ0v) is 11.5. The molecule has 0 spiro atoms. The van der Waals surface area contributed by atoms with Crippen molar-refractivity contribution < 1.29 is 14.3 Å². The number of aromatic amines is 1. The summed E-state index contributed by atoms with van der Waals surface area (Å²) in [5, 5.41) is 2.73. The van der Waals surface area contributed by atoms with Crippen LogP contribution >= 0.6 is 0 Å². The highest BCUT2D eigenvalue weighted by Crippen LogP contribution is 2.17. The van der Waals surface area contributed by atoms with Crippen molar-refractivity contribution in [1.82, 2.24) is 15.3 Å². The highest BCUT2D eigenvalue weighted by Gasteiger charge is 2.13. The van der Waals surface area contributed by atoms with Crippen LogP contribution in [-0.2, 0) is 4.79 Å². The molecule has 4 N–H and O–H groups in total. The van der Waals surface area contributed by atoms with Crippen LogP contribution in [0.4, 0.5) is 0 Å². The van der Waals surface area contributed by atoms with Gasteiger partial charge in [0.1, 0.15) is 11.6 Å². The topological polar surface area (TPSA) is 110 Å². The number of benzene rings is 1. The van der Waals surface area contributed by atoms with Gasteiger partial charge in [0.25, 0.3) is 11.8 Å². The number of nitrogens with zero attached hydrogens (tertiary/aromatic N) is 1. The minimum Gasteiger partial charge on any atom is -0.483 e. The van der Waals surface area contributed by atoms with E-state index < -0.39 is 5.91 Å². The van der Waals surface area contributed by atoms with Gasteiger partial charge in [-0.15, -0.1) is 0 Å². The van der Waals surface area contributed by atoms with Crippen molar-refractivity contribution >= 4 is 11.8 Å². The summed E-state index contributed by atoms with van der Waals surface area (Å²) >= 11 is 0. The third-order valence-corrected chi connectivity index (χ3v) is 2.82.